The lowest BCUT2D eigenvalue weighted by Gasteiger charge is -2.26. The third-order valence-electron chi connectivity index (χ3n) is 6.80. The highest BCUT2D eigenvalue weighted by molar-refractivity contribution is 5.91. The van der Waals surface area contributed by atoms with Crippen molar-refractivity contribution < 1.29 is 23.4 Å². The van der Waals surface area contributed by atoms with Gasteiger partial charge in [0.1, 0.15) is 23.4 Å². The Labute approximate surface area is 222 Å². The number of hydrogen-bond acceptors (Lipinski definition) is 6. The summed E-state index contributed by atoms with van der Waals surface area (Å²) in [6.07, 6.45) is 3.18. The Hall–Kier alpha value is -3.43. The summed E-state index contributed by atoms with van der Waals surface area (Å²) in [4.78, 5) is 29.2. The predicted molar refractivity (Wildman–Crippen MR) is 146 cm³/mol. The van der Waals surface area contributed by atoms with Gasteiger partial charge in [0.25, 0.3) is 0 Å². The van der Waals surface area contributed by atoms with Gasteiger partial charge in [0, 0.05) is 31.4 Å². The largest absolute Gasteiger partial charge is 0.497 e. The Morgan fingerprint density at radius 1 is 1.16 bits per heavy atom. The minimum Gasteiger partial charge on any atom is -0.497 e. The molecule has 2 heterocycles. The van der Waals surface area contributed by atoms with E-state index >= 15 is 4.39 Å². The van der Waals surface area contributed by atoms with Crippen molar-refractivity contribution in [3.8, 4) is 22.6 Å². The molecule has 2 aromatic carbocycles. The maximum absolute atomic E-state index is 15.2. The number of ether oxygens (including phenoxy) is 3. The predicted octanol–water partition coefficient (Wildman–Crippen LogP) is 4.00. The van der Waals surface area contributed by atoms with Crippen molar-refractivity contribution in [1.29, 1.82) is 0 Å². The molecule has 1 amide bonds. The van der Waals surface area contributed by atoms with Crippen molar-refractivity contribution in [2.75, 3.05) is 53.1 Å². The number of benzene rings is 2. The zero-order chi connectivity index (χ0) is 27.1. The first-order chi connectivity index (χ1) is 18.4. The highest BCUT2D eigenvalue weighted by Crippen LogP contribution is 2.32. The summed E-state index contributed by atoms with van der Waals surface area (Å²) >= 11 is 0. The molecule has 3 aromatic rings. The zero-order valence-corrected chi connectivity index (χ0v) is 22.3. The van der Waals surface area contributed by atoms with E-state index in [4.69, 9.17) is 14.2 Å². The number of pyridine rings is 1. The molecule has 8 nitrogen and oxygen atoms in total. The van der Waals surface area contributed by atoms with Crippen LogP contribution in [0.1, 0.15) is 32.7 Å². The van der Waals surface area contributed by atoms with Crippen molar-refractivity contribution in [2.45, 2.75) is 32.7 Å². The molecule has 4 rings (SSSR count). The van der Waals surface area contributed by atoms with Crippen LogP contribution in [0.4, 0.5) is 4.39 Å². The first kappa shape index (κ1) is 27.6. The van der Waals surface area contributed by atoms with E-state index in [1.165, 1.54) is 12.1 Å². The second-order valence-electron chi connectivity index (χ2n) is 9.40. The second-order valence-corrected chi connectivity index (χ2v) is 9.40. The van der Waals surface area contributed by atoms with Gasteiger partial charge in [-0.1, -0.05) is 19.1 Å². The average molecular weight is 526 g/mol. The van der Waals surface area contributed by atoms with Crippen LogP contribution >= 0.6 is 0 Å². The Bertz CT molecular complexity index is 1300. The number of nitrogens with zero attached hydrogens (tertiary/aromatic N) is 2. The zero-order valence-electron chi connectivity index (χ0n) is 22.3. The van der Waals surface area contributed by atoms with E-state index in [0.717, 1.165) is 45.7 Å². The number of hydrogen-bond donors (Lipinski definition) is 1. The van der Waals surface area contributed by atoms with Crippen LogP contribution in [0.3, 0.4) is 0 Å². The second kappa shape index (κ2) is 12.9. The molecule has 0 aliphatic carbocycles. The maximum atomic E-state index is 15.2. The van der Waals surface area contributed by atoms with E-state index in [-0.39, 0.29) is 16.8 Å². The Kier molecular flexibility index (Phi) is 9.36. The first-order valence-electron chi connectivity index (χ1n) is 13.2. The molecule has 0 spiro atoms. The fourth-order valence-corrected chi connectivity index (χ4v) is 4.64. The van der Waals surface area contributed by atoms with Crippen molar-refractivity contribution in [3.05, 3.63) is 58.6 Å². The van der Waals surface area contributed by atoms with Gasteiger partial charge in [-0.15, -0.1) is 0 Å². The average Bonchev–Trinajstić information content (AvgIpc) is 2.95. The summed E-state index contributed by atoms with van der Waals surface area (Å²) in [5, 5.41) is 2.91. The SMILES string of the molecule is CCCOc1ccc(F)c2c(=O)c(-c3ccc(OC)cc3)cn(C(C)C(=O)NCCCN3CCOCC3)c12. The van der Waals surface area contributed by atoms with E-state index < -0.39 is 17.3 Å². The number of morpholine rings is 1. The lowest BCUT2D eigenvalue weighted by molar-refractivity contribution is -0.123. The molecule has 1 aliphatic heterocycles. The quantitative estimate of drug-likeness (QED) is 0.381. The van der Waals surface area contributed by atoms with E-state index in [2.05, 4.69) is 10.2 Å². The molecule has 1 saturated heterocycles. The van der Waals surface area contributed by atoms with Crippen molar-refractivity contribution >= 4 is 16.8 Å². The van der Waals surface area contributed by atoms with Gasteiger partial charge in [-0.3, -0.25) is 14.5 Å². The molecule has 1 aliphatic rings. The van der Waals surface area contributed by atoms with Crippen LogP contribution in [0.25, 0.3) is 22.0 Å². The number of methoxy groups -OCH3 is 1. The van der Waals surface area contributed by atoms with Gasteiger partial charge in [0.2, 0.25) is 5.91 Å². The number of fused-ring (bicyclic) bond motifs is 1. The molecule has 9 heteroatoms. The third-order valence-corrected chi connectivity index (χ3v) is 6.80. The summed E-state index contributed by atoms with van der Waals surface area (Å²) in [6, 6.07) is 9.02. The number of halogens is 1. The normalized spacial score (nSPS) is 14.8. The number of carbonyl (C=O) groups is 1. The van der Waals surface area contributed by atoms with Crippen LogP contribution in [0.5, 0.6) is 11.5 Å². The standard InChI is InChI=1S/C29H36FN3O5/c1-4-16-38-25-11-10-24(30)26-27(25)33(19-23(28(26)34)21-6-8-22(36-3)9-7-21)20(2)29(35)31-12-5-13-32-14-17-37-18-15-32/h6-11,19-20H,4-5,12-18H2,1-3H3,(H,31,35). The first-order valence-corrected chi connectivity index (χ1v) is 13.2. The molecule has 1 atom stereocenters. The maximum Gasteiger partial charge on any atom is 0.242 e. The molecule has 1 aromatic heterocycles. The van der Waals surface area contributed by atoms with Gasteiger partial charge >= 0.3 is 0 Å². The van der Waals surface area contributed by atoms with Crippen molar-refractivity contribution in [3.63, 3.8) is 0 Å². The number of aromatic nitrogens is 1. The van der Waals surface area contributed by atoms with Crippen molar-refractivity contribution in [1.82, 2.24) is 14.8 Å². The summed E-state index contributed by atoms with van der Waals surface area (Å²) in [7, 11) is 1.56. The minimum absolute atomic E-state index is 0.0983. The molecule has 0 saturated carbocycles. The lowest BCUT2D eigenvalue weighted by Crippen LogP contribution is -2.38. The smallest absolute Gasteiger partial charge is 0.242 e. The van der Waals surface area contributed by atoms with E-state index in [0.29, 0.717) is 35.8 Å². The highest BCUT2D eigenvalue weighted by atomic mass is 19.1. The molecular weight excluding hydrogens is 489 g/mol. The van der Waals surface area contributed by atoms with E-state index in [1.54, 1.807) is 49.1 Å². The summed E-state index contributed by atoms with van der Waals surface area (Å²) in [5.41, 5.74) is 0.707. The molecule has 1 N–H and O–H groups in total. The molecule has 204 valence electrons. The molecule has 1 unspecified atom stereocenters. The fourth-order valence-electron chi connectivity index (χ4n) is 4.64. The molecule has 38 heavy (non-hydrogen) atoms. The lowest BCUT2D eigenvalue weighted by atomic mass is 10.0. The van der Waals surface area contributed by atoms with Gasteiger partial charge in [-0.25, -0.2) is 4.39 Å². The van der Waals surface area contributed by atoms with Crippen molar-refractivity contribution in [2.24, 2.45) is 0 Å². The minimum atomic E-state index is -0.718. The molecular formula is C29H36FN3O5. The van der Waals surface area contributed by atoms with Crippen LogP contribution in [0.2, 0.25) is 0 Å². The topological polar surface area (TPSA) is 82.0 Å². The fraction of sp³-hybridized carbons (Fsp3) is 0.448. The number of rotatable bonds is 11. The summed E-state index contributed by atoms with van der Waals surface area (Å²) in [5.74, 6) is 0.133. The third kappa shape index (κ3) is 6.16. The van der Waals surface area contributed by atoms with Gasteiger partial charge in [-0.2, -0.15) is 0 Å². The number of amides is 1. The Morgan fingerprint density at radius 3 is 2.58 bits per heavy atom. The van der Waals surface area contributed by atoms with Crippen LogP contribution in [0.15, 0.2) is 47.4 Å². The van der Waals surface area contributed by atoms with E-state index in [1.807, 2.05) is 6.92 Å². The number of nitrogens with one attached hydrogen (secondary N) is 1. The van der Waals surface area contributed by atoms with Crippen LogP contribution in [-0.2, 0) is 9.53 Å². The van der Waals surface area contributed by atoms with E-state index in [9.17, 15) is 9.59 Å². The summed E-state index contributed by atoms with van der Waals surface area (Å²) < 4.78 is 33.4. The molecule has 1 fully saturated rings. The highest BCUT2D eigenvalue weighted by Gasteiger charge is 2.24. The Balaban J connectivity index is 1.69. The van der Waals surface area contributed by atoms with Crippen LogP contribution in [-0.4, -0.2) is 68.5 Å². The monoisotopic (exact) mass is 525 g/mol. The van der Waals surface area contributed by atoms with Gasteiger partial charge < -0.3 is 24.1 Å². The van der Waals surface area contributed by atoms with Gasteiger partial charge in [0.15, 0.2) is 5.43 Å². The van der Waals surface area contributed by atoms with Gasteiger partial charge in [-0.05, 0) is 56.1 Å². The van der Waals surface area contributed by atoms with Crippen LogP contribution in [0, 0.1) is 5.82 Å². The summed E-state index contributed by atoms with van der Waals surface area (Å²) in [6.45, 7) is 8.76. The molecule has 0 radical (unpaired) electrons. The Morgan fingerprint density at radius 2 is 1.89 bits per heavy atom. The number of carbonyl (C=O) groups excluding carboxylic acids is 1. The van der Waals surface area contributed by atoms with Gasteiger partial charge in [0.05, 0.1) is 37.8 Å². The van der Waals surface area contributed by atoms with Crippen LogP contribution < -0.4 is 20.2 Å². The molecule has 0 bridgehead atoms.